The molecule has 7 aromatic rings. The molecule has 0 atom stereocenters. The van der Waals surface area contributed by atoms with Crippen molar-refractivity contribution in [3.63, 3.8) is 0 Å². The summed E-state index contributed by atoms with van der Waals surface area (Å²) in [4.78, 5) is 52.3. The molecule has 0 fully saturated rings. The second-order valence-corrected chi connectivity index (χ2v) is 22.2. The molecule has 31 heteroatoms. The lowest BCUT2D eigenvalue weighted by molar-refractivity contribution is 0.102. The van der Waals surface area contributed by atoms with Crippen molar-refractivity contribution in [3.8, 4) is 22.9 Å². The minimum atomic E-state index is -5.60. The van der Waals surface area contributed by atoms with Crippen LogP contribution in [0, 0.1) is 0 Å². The van der Waals surface area contributed by atoms with Crippen molar-refractivity contribution in [3.05, 3.63) is 124 Å². The van der Waals surface area contributed by atoms with Crippen LogP contribution in [0.4, 0.5) is 23.0 Å². The van der Waals surface area contributed by atoms with Gasteiger partial charge in [-0.25, -0.2) is 0 Å². The molecule has 0 saturated heterocycles. The highest BCUT2D eigenvalue weighted by molar-refractivity contribution is 7.98. The molecule has 0 radical (unpaired) electrons. The molecular formula is C39H26N6O19S6. The summed E-state index contributed by atoms with van der Waals surface area (Å²) < 4.78 is 181. The number of thioether (sulfide) groups is 1. The van der Waals surface area contributed by atoms with Crippen LogP contribution in [0.5, 0.6) is 11.8 Å². The van der Waals surface area contributed by atoms with Gasteiger partial charge in [-0.15, -0.1) is 0 Å². The molecule has 1 aliphatic carbocycles. The number of aromatic amines is 1. The average molecular weight is 1080 g/mol. The maximum atomic E-state index is 14.6. The number of H-pyrrole nitrogens is 1. The highest BCUT2D eigenvalue weighted by Crippen LogP contribution is 2.46. The van der Waals surface area contributed by atoms with Crippen molar-refractivity contribution in [2.24, 2.45) is 0 Å². The van der Waals surface area contributed by atoms with E-state index in [1.807, 2.05) is 0 Å². The van der Waals surface area contributed by atoms with Gasteiger partial charge in [0.2, 0.25) is 5.95 Å². The standard InChI is InChI=1S/C39H26N6O19S6/c1-65-39-44-37(43-38(45-39)64-18-9-11-19(12-10-18)66(49,50)51)41-24-14-23(26(68(55,56)57)16-27(24)69(58,59)60)40-25-15-28(70(61,62)63)33-31-29(21-7-2-3-8-22(21)35(47)30(25)31)32(36(48)42-33)34(46)17-5-4-6-20(13-17)67(52,53)54/h2-16,40H,1H3,(H,42,48)(H,49,50,51)(H,52,53,54)(H,55,56,57)(H,58,59,60)(H,61,62,63)(H,41,43,44,45). The largest absolute Gasteiger partial charge is 0.424 e. The minimum absolute atomic E-state index is 0.0879. The number of hydrogen-bond donors (Lipinski definition) is 8. The third-order valence-electron chi connectivity index (χ3n) is 10.1. The molecule has 1 aliphatic rings. The van der Waals surface area contributed by atoms with Gasteiger partial charge in [0, 0.05) is 22.1 Å². The predicted molar refractivity (Wildman–Crippen MR) is 244 cm³/mol. The summed E-state index contributed by atoms with van der Waals surface area (Å²) in [6.45, 7) is 0. The van der Waals surface area contributed by atoms with Crippen molar-refractivity contribution >= 4 is 108 Å². The summed E-state index contributed by atoms with van der Waals surface area (Å²) in [6, 6.07) is 14.2. The molecule has 0 unspecified atom stereocenters. The smallest absolute Gasteiger partial charge is 0.327 e. The van der Waals surface area contributed by atoms with E-state index in [2.05, 4.69) is 30.6 Å². The van der Waals surface area contributed by atoms with Crippen LogP contribution in [-0.4, -0.2) is 103 Å². The molecule has 8 N–H and O–H groups in total. The lowest BCUT2D eigenvalue weighted by atomic mass is 9.80. The lowest BCUT2D eigenvalue weighted by Crippen LogP contribution is -2.25. The maximum Gasteiger partial charge on any atom is 0.327 e. The van der Waals surface area contributed by atoms with Crippen LogP contribution in [0.15, 0.2) is 125 Å². The van der Waals surface area contributed by atoms with Crippen LogP contribution in [0.3, 0.4) is 0 Å². The summed E-state index contributed by atoms with van der Waals surface area (Å²) in [7, 11) is -26.1. The molecule has 0 amide bonds. The fourth-order valence-electron chi connectivity index (χ4n) is 7.21. The van der Waals surface area contributed by atoms with E-state index < -0.39 is 154 Å². The Kier molecular flexibility index (Phi) is 12.3. The number of pyridine rings is 1. The van der Waals surface area contributed by atoms with Crippen molar-refractivity contribution in [1.29, 1.82) is 0 Å². The molecule has 70 heavy (non-hydrogen) atoms. The summed E-state index contributed by atoms with van der Waals surface area (Å²) in [5.41, 5.74) is -7.31. The molecule has 0 bridgehead atoms. The van der Waals surface area contributed by atoms with Crippen LogP contribution in [-0.2, 0) is 50.6 Å². The highest BCUT2D eigenvalue weighted by atomic mass is 32.2. The molecule has 362 valence electrons. The number of aromatic nitrogens is 4. The van der Waals surface area contributed by atoms with Gasteiger partial charge in [0.1, 0.15) is 20.4 Å². The number of ether oxygens (including phenoxy) is 1. The van der Waals surface area contributed by atoms with E-state index in [1.54, 1.807) is 0 Å². The number of nitrogens with zero attached hydrogens (tertiary/aromatic N) is 3. The average Bonchev–Trinajstić information content (AvgIpc) is 3.26. The molecule has 0 saturated carbocycles. The first-order valence-corrected chi connectivity index (χ1v) is 27.2. The Morgan fingerprint density at radius 1 is 0.600 bits per heavy atom. The summed E-state index contributed by atoms with van der Waals surface area (Å²) in [6.07, 6.45) is 1.49. The first kappa shape index (κ1) is 49.4. The number of hydrogen-bond acceptors (Lipinski definition) is 20. The first-order chi connectivity index (χ1) is 32.5. The van der Waals surface area contributed by atoms with Crippen LogP contribution in [0.2, 0.25) is 0 Å². The molecule has 8 rings (SSSR count). The van der Waals surface area contributed by atoms with Crippen molar-refractivity contribution in [2.45, 2.75) is 29.6 Å². The second kappa shape index (κ2) is 17.4. The van der Waals surface area contributed by atoms with Crippen LogP contribution >= 0.6 is 11.8 Å². The minimum Gasteiger partial charge on any atom is -0.424 e. The Bertz CT molecular complexity index is 4110. The fraction of sp³-hybridized carbons (Fsp3) is 0.0256. The zero-order chi connectivity index (χ0) is 51.0. The molecule has 0 aliphatic heterocycles. The zero-order valence-corrected chi connectivity index (χ0v) is 39.3. The van der Waals surface area contributed by atoms with Gasteiger partial charge >= 0.3 is 6.01 Å². The van der Waals surface area contributed by atoms with Gasteiger partial charge in [-0.1, -0.05) is 48.2 Å². The number of benzene rings is 5. The monoisotopic (exact) mass is 1070 g/mol. The van der Waals surface area contributed by atoms with Gasteiger partial charge in [0.05, 0.1) is 43.5 Å². The third kappa shape index (κ3) is 9.49. The first-order valence-electron chi connectivity index (χ1n) is 18.8. The van der Waals surface area contributed by atoms with Gasteiger partial charge in [0.25, 0.3) is 56.1 Å². The molecule has 25 nitrogen and oxygen atoms in total. The molecule has 5 aromatic carbocycles. The molecule has 2 aromatic heterocycles. The third-order valence-corrected chi connectivity index (χ3v) is 15.0. The number of fused-ring (bicyclic) bond motifs is 2. The summed E-state index contributed by atoms with van der Waals surface area (Å²) >= 11 is 0.893. The quantitative estimate of drug-likeness (QED) is 0.0425. The topological polar surface area (TPSA) is 411 Å². The van der Waals surface area contributed by atoms with Gasteiger partial charge < -0.3 is 20.4 Å². The number of nitrogens with one attached hydrogen (secondary N) is 3. The number of carbonyl (C=O) groups is 2. The Morgan fingerprint density at radius 3 is 1.79 bits per heavy atom. The zero-order valence-electron chi connectivity index (χ0n) is 34.4. The van der Waals surface area contributed by atoms with Gasteiger partial charge in [0.15, 0.2) is 16.7 Å². The molecule has 0 spiro atoms. The van der Waals surface area contributed by atoms with E-state index in [0.29, 0.717) is 12.1 Å². The number of ketones is 2. The lowest BCUT2D eigenvalue weighted by Gasteiger charge is -2.25. The highest BCUT2D eigenvalue weighted by Gasteiger charge is 2.37. The number of carbonyl (C=O) groups excluding carboxylic acids is 2. The SMILES string of the molecule is CSc1nc(Nc2cc(Nc3cc(S(=O)(=O)O)c4[nH]c(=O)c(C(=O)c5cccc(S(=O)(=O)O)c5)c5c4c3C(=O)c3ccccc3-5)c(S(=O)(=O)O)cc2S(=O)(=O)O)nc(Oc2ccc(S(=O)(=O)O)cc2)n1. The number of rotatable bonds is 14. The Labute approximate surface area is 397 Å². The van der Waals surface area contributed by atoms with Crippen LogP contribution in [0.25, 0.3) is 22.0 Å². The number of anilines is 4. The van der Waals surface area contributed by atoms with E-state index in [0.717, 1.165) is 60.3 Å². The Morgan fingerprint density at radius 2 is 1.20 bits per heavy atom. The van der Waals surface area contributed by atoms with E-state index >= 15 is 0 Å². The van der Waals surface area contributed by atoms with Crippen molar-refractivity contribution < 1.29 is 79.2 Å². The molecule has 2 heterocycles. The van der Waals surface area contributed by atoms with Crippen molar-refractivity contribution in [2.75, 3.05) is 16.9 Å². The van der Waals surface area contributed by atoms with E-state index in [4.69, 9.17) is 4.74 Å². The van der Waals surface area contributed by atoms with Crippen LogP contribution < -0.4 is 20.9 Å². The second-order valence-electron chi connectivity index (χ2n) is 14.5. The van der Waals surface area contributed by atoms with E-state index in [9.17, 15) is 79.2 Å². The van der Waals surface area contributed by atoms with Crippen LogP contribution in [0.1, 0.15) is 31.8 Å². The maximum absolute atomic E-state index is 14.6. The van der Waals surface area contributed by atoms with Gasteiger partial charge in [-0.2, -0.15) is 57.0 Å². The Hall–Kier alpha value is -7.04. The van der Waals surface area contributed by atoms with E-state index in [1.165, 1.54) is 30.5 Å². The Balaban J connectivity index is 1.36. The van der Waals surface area contributed by atoms with Crippen molar-refractivity contribution in [1.82, 2.24) is 19.9 Å². The summed E-state index contributed by atoms with van der Waals surface area (Å²) in [5, 5.41) is 4.23. The van der Waals surface area contributed by atoms with E-state index in [-0.39, 0.29) is 28.1 Å². The summed E-state index contributed by atoms with van der Waals surface area (Å²) in [5.74, 6) is -2.88. The molecular weight excluding hydrogens is 1050 g/mol. The van der Waals surface area contributed by atoms with Gasteiger partial charge in [-0.3, -0.25) is 37.1 Å². The predicted octanol–water partition coefficient (Wildman–Crippen LogP) is 4.39. The normalized spacial score (nSPS) is 12.9. The fourth-order valence-corrected chi connectivity index (χ4v) is 10.6. The van der Waals surface area contributed by atoms with Gasteiger partial charge in [-0.05, 0) is 66.4 Å².